The Morgan fingerprint density at radius 1 is 1.27 bits per heavy atom. The largest absolute Gasteiger partial charge is 0.499 e. The maximum atomic E-state index is 10.7. The molecule has 0 fully saturated rings. The zero-order chi connectivity index (χ0) is 11.0. The number of thiophene rings is 1. The molecule has 0 aliphatic carbocycles. The number of carboxylic acids is 1. The minimum atomic E-state index is -1.50. The second-order valence-electron chi connectivity index (χ2n) is 3.08. The van der Waals surface area contributed by atoms with E-state index >= 15 is 0 Å². The molecule has 0 aliphatic rings. The van der Waals surface area contributed by atoms with Gasteiger partial charge in [0.2, 0.25) is 0 Å². The molecule has 0 saturated heterocycles. The molecule has 6 heteroatoms. The van der Waals surface area contributed by atoms with Crippen LogP contribution in [0.15, 0.2) is 24.3 Å². The molecule has 15 heavy (non-hydrogen) atoms. The van der Waals surface area contributed by atoms with Crippen molar-refractivity contribution in [2.75, 3.05) is 0 Å². The number of rotatable bonds is 2. The Morgan fingerprint density at radius 2 is 2.00 bits per heavy atom. The van der Waals surface area contributed by atoms with Gasteiger partial charge in [-0.2, -0.15) is 0 Å². The van der Waals surface area contributed by atoms with Crippen molar-refractivity contribution in [1.29, 1.82) is 0 Å². The van der Waals surface area contributed by atoms with Crippen LogP contribution in [0.1, 0.15) is 10.4 Å². The smallest absolute Gasteiger partial charge is 0.478 e. The van der Waals surface area contributed by atoms with E-state index in [-0.39, 0.29) is 5.56 Å². The summed E-state index contributed by atoms with van der Waals surface area (Å²) in [6, 6.07) is 6.30. The zero-order valence-corrected chi connectivity index (χ0v) is 8.36. The predicted molar refractivity (Wildman–Crippen MR) is 58.6 cm³/mol. The highest BCUT2D eigenvalue weighted by Crippen LogP contribution is 2.20. The molecule has 4 nitrogen and oxygen atoms in total. The summed E-state index contributed by atoms with van der Waals surface area (Å²) in [5.41, 5.74) is 0.198. The molecule has 0 bridgehead atoms. The van der Waals surface area contributed by atoms with E-state index in [9.17, 15) is 4.79 Å². The van der Waals surface area contributed by atoms with E-state index in [1.165, 1.54) is 23.5 Å². The first kappa shape index (κ1) is 10.2. The molecule has 2 aromatic rings. The fourth-order valence-electron chi connectivity index (χ4n) is 1.31. The summed E-state index contributed by atoms with van der Waals surface area (Å²) < 4.78 is 1.14. The molecule has 0 saturated carbocycles. The van der Waals surface area contributed by atoms with Crippen LogP contribution >= 0.6 is 11.3 Å². The summed E-state index contributed by atoms with van der Waals surface area (Å²) in [6.45, 7) is 0. The fraction of sp³-hybridized carbons (Fsp3) is 0. The molecule has 0 radical (unpaired) electrons. The van der Waals surface area contributed by atoms with Crippen LogP contribution < -0.4 is 4.78 Å². The van der Waals surface area contributed by atoms with Gasteiger partial charge in [0.25, 0.3) is 0 Å². The van der Waals surface area contributed by atoms with E-state index in [0.29, 0.717) is 4.78 Å². The van der Waals surface area contributed by atoms with Gasteiger partial charge in [-0.05, 0) is 23.6 Å². The standard InChI is InChI=1S/C9H7BO4S/c11-9(12)6-2-1-5-4-8(10(13)14)15-7(5)3-6/h1-4,13-14H,(H,11,12). The monoisotopic (exact) mass is 222 g/mol. The predicted octanol–water partition coefficient (Wildman–Crippen LogP) is 0.279. The molecule has 0 unspecified atom stereocenters. The van der Waals surface area contributed by atoms with E-state index in [1.807, 2.05) is 0 Å². The maximum absolute atomic E-state index is 10.7. The van der Waals surface area contributed by atoms with Crippen molar-refractivity contribution in [3.05, 3.63) is 29.8 Å². The summed E-state index contributed by atoms with van der Waals surface area (Å²) >= 11 is 1.17. The quantitative estimate of drug-likeness (QED) is 0.637. The zero-order valence-electron chi connectivity index (χ0n) is 7.54. The van der Waals surface area contributed by atoms with Crippen LogP contribution in [0.5, 0.6) is 0 Å². The molecule has 76 valence electrons. The normalized spacial score (nSPS) is 10.5. The third-order valence-corrected chi connectivity index (χ3v) is 3.18. The van der Waals surface area contributed by atoms with Gasteiger partial charge in [0.1, 0.15) is 0 Å². The van der Waals surface area contributed by atoms with Crippen molar-refractivity contribution >= 4 is 39.3 Å². The number of hydrogen-bond donors (Lipinski definition) is 3. The summed E-state index contributed by atoms with van der Waals surface area (Å²) in [5.74, 6) is -0.989. The van der Waals surface area contributed by atoms with Gasteiger partial charge in [-0.3, -0.25) is 0 Å². The van der Waals surface area contributed by atoms with Crippen LogP contribution in [0.25, 0.3) is 10.1 Å². The van der Waals surface area contributed by atoms with Crippen LogP contribution in [0.4, 0.5) is 0 Å². The molecule has 0 spiro atoms. The van der Waals surface area contributed by atoms with Crippen molar-refractivity contribution in [1.82, 2.24) is 0 Å². The Morgan fingerprint density at radius 3 is 2.60 bits per heavy atom. The molecule has 0 atom stereocenters. The number of carboxylic acid groups (broad SMARTS) is 1. The number of fused-ring (bicyclic) bond motifs is 1. The van der Waals surface area contributed by atoms with Gasteiger partial charge >= 0.3 is 13.1 Å². The highest BCUT2D eigenvalue weighted by atomic mass is 32.1. The average Bonchev–Trinajstić information content (AvgIpc) is 2.59. The first-order chi connectivity index (χ1) is 7.08. The Hall–Kier alpha value is -1.37. The number of aromatic carboxylic acids is 1. The van der Waals surface area contributed by atoms with Crippen molar-refractivity contribution in [3.63, 3.8) is 0 Å². The van der Waals surface area contributed by atoms with E-state index in [4.69, 9.17) is 15.2 Å². The first-order valence-corrected chi connectivity index (χ1v) is 5.02. The highest BCUT2D eigenvalue weighted by molar-refractivity contribution is 7.27. The SMILES string of the molecule is O=C(O)c1ccc2cc(B(O)O)sc2c1. The van der Waals surface area contributed by atoms with E-state index in [0.717, 1.165) is 10.1 Å². The summed E-state index contributed by atoms with van der Waals surface area (Å²) in [4.78, 5) is 10.7. The van der Waals surface area contributed by atoms with Crippen LogP contribution in [0, 0.1) is 0 Å². The minimum Gasteiger partial charge on any atom is -0.478 e. The first-order valence-electron chi connectivity index (χ1n) is 4.21. The summed E-state index contributed by atoms with van der Waals surface area (Å²) in [6.07, 6.45) is 0. The van der Waals surface area contributed by atoms with Gasteiger partial charge in [-0.1, -0.05) is 6.07 Å². The molecule has 0 aliphatic heterocycles. The summed E-state index contributed by atoms with van der Waals surface area (Å²) in [7, 11) is -1.50. The van der Waals surface area contributed by atoms with E-state index in [1.54, 1.807) is 12.1 Å². The number of hydrogen-bond acceptors (Lipinski definition) is 4. The van der Waals surface area contributed by atoms with Gasteiger partial charge < -0.3 is 15.2 Å². The van der Waals surface area contributed by atoms with Crippen LogP contribution in [0.3, 0.4) is 0 Å². The van der Waals surface area contributed by atoms with Crippen LogP contribution in [-0.2, 0) is 0 Å². The van der Waals surface area contributed by atoms with Crippen LogP contribution in [0.2, 0.25) is 0 Å². The minimum absolute atomic E-state index is 0.198. The van der Waals surface area contributed by atoms with Gasteiger partial charge in [0.15, 0.2) is 0 Å². The Labute approximate surface area is 89.6 Å². The molecule has 1 aromatic carbocycles. The topological polar surface area (TPSA) is 77.8 Å². The van der Waals surface area contributed by atoms with Crippen molar-refractivity contribution in [2.45, 2.75) is 0 Å². The lowest BCUT2D eigenvalue weighted by Crippen LogP contribution is -2.26. The number of benzene rings is 1. The molecule has 3 N–H and O–H groups in total. The Balaban J connectivity index is 2.57. The highest BCUT2D eigenvalue weighted by Gasteiger charge is 2.15. The molecular weight excluding hydrogens is 215 g/mol. The second kappa shape index (κ2) is 3.65. The maximum Gasteiger partial charge on any atom is 0.499 e. The lowest BCUT2D eigenvalue weighted by molar-refractivity contribution is 0.0697. The third-order valence-electron chi connectivity index (χ3n) is 2.04. The van der Waals surface area contributed by atoms with Crippen LogP contribution in [-0.4, -0.2) is 28.2 Å². The van der Waals surface area contributed by atoms with Gasteiger partial charge in [-0.25, -0.2) is 4.79 Å². The molecular formula is C9H7BO4S. The Kier molecular flexibility index (Phi) is 2.48. The van der Waals surface area contributed by atoms with Gasteiger partial charge in [0.05, 0.1) is 5.56 Å². The second-order valence-corrected chi connectivity index (χ2v) is 4.20. The number of carbonyl (C=O) groups is 1. The summed E-state index contributed by atoms with van der Waals surface area (Å²) in [5, 5.41) is 27.5. The lowest BCUT2D eigenvalue weighted by atomic mass is 9.89. The van der Waals surface area contributed by atoms with Gasteiger partial charge in [0, 0.05) is 9.48 Å². The molecule has 2 rings (SSSR count). The molecule has 0 amide bonds. The van der Waals surface area contributed by atoms with Crippen molar-refractivity contribution in [3.8, 4) is 0 Å². The van der Waals surface area contributed by atoms with Crippen molar-refractivity contribution in [2.24, 2.45) is 0 Å². The lowest BCUT2D eigenvalue weighted by Gasteiger charge is -1.92. The molecule has 1 heterocycles. The third kappa shape index (κ3) is 1.87. The van der Waals surface area contributed by atoms with Crippen molar-refractivity contribution < 1.29 is 19.9 Å². The van der Waals surface area contributed by atoms with E-state index < -0.39 is 13.1 Å². The average molecular weight is 222 g/mol. The molecule has 1 aromatic heterocycles. The van der Waals surface area contributed by atoms with Gasteiger partial charge in [-0.15, -0.1) is 11.3 Å². The Bertz CT molecular complexity index is 520. The van der Waals surface area contributed by atoms with E-state index in [2.05, 4.69) is 0 Å². The fourth-order valence-corrected chi connectivity index (χ4v) is 2.29.